The maximum Gasteiger partial charge on any atom is 0.254 e. The van der Waals surface area contributed by atoms with E-state index in [0.717, 1.165) is 11.3 Å². The molecule has 2 fully saturated rings. The Bertz CT molecular complexity index is 898. The highest BCUT2D eigenvalue weighted by atomic mass is 16.5. The summed E-state index contributed by atoms with van der Waals surface area (Å²) >= 11 is 0. The van der Waals surface area contributed by atoms with E-state index >= 15 is 0 Å². The summed E-state index contributed by atoms with van der Waals surface area (Å²) in [6.07, 6.45) is 0.961. The molecule has 4 rings (SSSR count). The molecule has 2 aromatic rings. The van der Waals surface area contributed by atoms with Crippen LogP contribution in [0.4, 0.5) is 0 Å². The third-order valence-corrected chi connectivity index (χ3v) is 5.32. The lowest BCUT2D eigenvalue weighted by atomic mass is 9.92. The van der Waals surface area contributed by atoms with E-state index in [-0.39, 0.29) is 24.3 Å². The normalized spacial score (nSPS) is 21.9. The number of aromatic nitrogens is 1. The van der Waals surface area contributed by atoms with Crippen LogP contribution >= 0.6 is 0 Å². The van der Waals surface area contributed by atoms with Crippen LogP contribution in [-0.4, -0.2) is 61.7 Å². The van der Waals surface area contributed by atoms with Crippen molar-refractivity contribution in [2.45, 2.75) is 18.1 Å². The number of hydrogen-bond acceptors (Lipinski definition) is 6. The van der Waals surface area contributed by atoms with Crippen LogP contribution in [-0.2, 0) is 14.3 Å². The number of nitrogens with one attached hydrogen (secondary N) is 1. The number of ether oxygens (including phenoxy) is 3. The van der Waals surface area contributed by atoms with Gasteiger partial charge < -0.3 is 24.4 Å². The van der Waals surface area contributed by atoms with Gasteiger partial charge in [0.05, 0.1) is 20.3 Å². The number of benzene rings is 1. The van der Waals surface area contributed by atoms with Gasteiger partial charge in [-0.3, -0.25) is 14.6 Å². The van der Waals surface area contributed by atoms with Crippen molar-refractivity contribution in [2.75, 3.05) is 33.9 Å². The fourth-order valence-corrected chi connectivity index (χ4v) is 3.71. The second-order valence-corrected chi connectivity index (χ2v) is 7.09. The molecule has 0 bridgehead atoms. The van der Waals surface area contributed by atoms with Gasteiger partial charge in [-0.25, -0.2) is 0 Å². The highest BCUT2D eigenvalue weighted by Crippen LogP contribution is 2.34. The van der Waals surface area contributed by atoms with Gasteiger partial charge in [-0.2, -0.15) is 0 Å². The molecule has 1 aromatic heterocycles. The lowest BCUT2D eigenvalue weighted by molar-refractivity contribution is -0.158. The Kier molecular flexibility index (Phi) is 5.35. The zero-order valence-corrected chi connectivity index (χ0v) is 16.3. The second-order valence-electron chi connectivity index (χ2n) is 7.09. The van der Waals surface area contributed by atoms with E-state index in [9.17, 15) is 9.59 Å². The van der Waals surface area contributed by atoms with E-state index in [4.69, 9.17) is 14.2 Å². The summed E-state index contributed by atoms with van der Waals surface area (Å²) in [5.41, 5.74) is 1.70. The molecule has 3 heterocycles. The zero-order valence-electron chi connectivity index (χ0n) is 16.3. The Labute approximate surface area is 168 Å². The predicted molar refractivity (Wildman–Crippen MR) is 104 cm³/mol. The highest BCUT2D eigenvalue weighted by Gasteiger charge is 2.42. The lowest BCUT2D eigenvalue weighted by Crippen LogP contribution is -2.58. The summed E-state index contributed by atoms with van der Waals surface area (Å²) in [5.74, 6) is 0.914. The van der Waals surface area contributed by atoms with Crippen LogP contribution in [0.2, 0.25) is 0 Å². The third kappa shape index (κ3) is 3.75. The van der Waals surface area contributed by atoms with Crippen molar-refractivity contribution < 1.29 is 23.8 Å². The Hall–Kier alpha value is -3.13. The number of likely N-dealkylation sites (tertiary alicyclic amines) is 1. The molecular formula is C21H23N3O5. The van der Waals surface area contributed by atoms with E-state index in [1.54, 1.807) is 36.4 Å². The van der Waals surface area contributed by atoms with Crippen LogP contribution in [0.15, 0.2) is 42.6 Å². The standard InChI is InChI=1S/C21H23N3O5/c1-27-16-7-6-13(9-17(16)28-2)19-20(29-12-18(25)23-19)21(26)24-10-14(11-24)15-5-3-4-8-22-15/h3-9,14,19-20H,10-12H2,1-2H3,(H,23,25)/t19-,20+/m1/s1. The maximum atomic E-state index is 13.1. The van der Waals surface area contributed by atoms with Gasteiger partial charge in [0.25, 0.3) is 5.91 Å². The minimum atomic E-state index is -0.796. The van der Waals surface area contributed by atoms with Crippen LogP contribution in [0, 0.1) is 0 Å². The Morgan fingerprint density at radius 1 is 1.17 bits per heavy atom. The molecule has 152 valence electrons. The molecule has 0 aliphatic carbocycles. The van der Waals surface area contributed by atoms with Crippen molar-refractivity contribution in [1.29, 1.82) is 0 Å². The molecule has 8 heteroatoms. The minimum absolute atomic E-state index is 0.141. The second kappa shape index (κ2) is 8.08. The largest absolute Gasteiger partial charge is 0.493 e. The third-order valence-electron chi connectivity index (χ3n) is 5.32. The number of methoxy groups -OCH3 is 2. The van der Waals surface area contributed by atoms with E-state index in [2.05, 4.69) is 10.3 Å². The van der Waals surface area contributed by atoms with Crippen LogP contribution in [0.3, 0.4) is 0 Å². The number of rotatable bonds is 5. The molecule has 29 heavy (non-hydrogen) atoms. The molecule has 8 nitrogen and oxygen atoms in total. The van der Waals surface area contributed by atoms with Crippen LogP contribution in [0.5, 0.6) is 11.5 Å². The first-order valence-electron chi connectivity index (χ1n) is 9.43. The molecule has 0 unspecified atom stereocenters. The number of nitrogens with zero attached hydrogens (tertiary/aromatic N) is 2. The summed E-state index contributed by atoms with van der Waals surface area (Å²) < 4.78 is 16.3. The fraction of sp³-hybridized carbons (Fsp3) is 0.381. The Balaban J connectivity index is 1.51. The van der Waals surface area contributed by atoms with Gasteiger partial charge in [0.15, 0.2) is 17.6 Å². The average Bonchev–Trinajstić information content (AvgIpc) is 2.72. The fourth-order valence-electron chi connectivity index (χ4n) is 3.71. The predicted octanol–water partition coefficient (Wildman–Crippen LogP) is 1.28. The highest BCUT2D eigenvalue weighted by molar-refractivity contribution is 5.87. The van der Waals surface area contributed by atoms with E-state index < -0.39 is 12.1 Å². The molecule has 0 spiro atoms. The van der Waals surface area contributed by atoms with Crippen molar-refractivity contribution in [3.63, 3.8) is 0 Å². The molecule has 2 atom stereocenters. The van der Waals surface area contributed by atoms with Crippen molar-refractivity contribution in [3.05, 3.63) is 53.9 Å². The summed E-state index contributed by atoms with van der Waals surface area (Å²) in [5, 5.41) is 2.88. The number of carbonyl (C=O) groups excluding carboxylic acids is 2. The van der Waals surface area contributed by atoms with Gasteiger partial charge in [-0.05, 0) is 29.8 Å². The molecule has 2 amide bonds. The smallest absolute Gasteiger partial charge is 0.254 e. The monoisotopic (exact) mass is 397 g/mol. The van der Waals surface area contributed by atoms with E-state index in [1.165, 1.54) is 7.11 Å². The molecule has 2 aliphatic heterocycles. The van der Waals surface area contributed by atoms with Crippen LogP contribution < -0.4 is 14.8 Å². The van der Waals surface area contributed by atoms with Gasteiger partial charge >= 0.3 is 0 Å². The van der Waals surface area contributed by atoms with E-state index in [0.29, 0.717) is 24.6 Å². The van der Waals surface area contributed by atoms with Gasteiger partial charge in [0, 0.05) is 30.9 Å². The number of carbonyl (C=O) groups is 2. The molecule has 2 aliphatic rings. The molecular weight excluding hydrogens is 374 g/mol. The lowest BCUT2D eigenvalue weighted by Gasteiger charge is -2.42. The number of amides is 2. The van der Waals surface area contributed by atoms with E-state index in [1.807, 2.05) is 18.2 Å². The number of pyridine rings is 1. The summed E-state index contributed by atoms with van der Waals surface area (Å²) in [6, 6.07) is 10.5. The minimum Gasteiger partial charge on any atom is -0.493 e. The molecule has 1 N–H and O–H groups in total. The Morgan fingerprint density at radius 2 is 1.97 bits per heavy atom. The van der Waals surface area contributed by atoms with Crippen LogP contribution in [0.25, 0.3) is 0 Å². The first-order chi connectivity index (χ1) is 14.1. The number of morpholine rings is 1. The Morgan fingerprint density at radius 3 is 2.66 bits per heavy atom. The SMILES string of the molecule is COc1ccc([C@H]2NC(=O)CO[C@@H]2C(=O)N2CC(c3ccccn3)C2)cc1OC. The van der Waals surface area contributed by atoms with Crippen LogP contribution in [0.1, 0.15) is 23.2 Å². The van der Waals surface area contributed by atoms with Crippen molar-refractivity contribution in [1.82, 2.24) is 15.2 Å². The first-order valence-corrected chi connectivity index (χ1v) is 9.43. The quantitative estimate of drug-likeness (QED) is 0.818. The van der Waals surface area contributed by atoms with Crippen molar-refractivity contribution in [2.24, 2.45) is 0 Å². The average molecular weight is 397 g/mol. The van der Waals surface area contributed by atoms with Gasteiger partial charge in [0.2, 0.25) is 5.91 Å². The first kappa shape index (κ1) is 19.2. The maximum absolute atomic E-state index is 13.1. The molecule has 2 saturated heterocycles. The summed E-state index contributed by atoms with van der Waals surface area (Å²) in [6.45, 7) is 1.03. The van der Waals surface area contributed by atoms with Crippen molar-refractivity contribution in [3.8, 4) is 11.5 Å². The summed E-state index contributed by atoms with van der Waals surface area (Å²) in [4.78, 5) is 31.2. The summed E-state index contributed by atoms with van der Waals surface area (Å²) in [7, 11) is 3.09. The van der Waals surface area contributed by atoms with Crippen molar-refractivity contribution >= 4 is 11.8 Å². The van der Waals surface area contributed by atoms with Gasteiger partial charge in [0.1, 0.15) is 6.61 Å². The van der Waals surface area contributed by atoms with Gasteiger partial charge in [-0.15, -0.1) is 0 Å². The van der Waals surface area contributed by atoms with Gasteiger partial charge in [-0.1, -0.05) is 12.1 Å². The zero-order chi connectivity index (χ0) is 20.4. The molecule has 0 radical (unpaired) electrons. The molecule has 0 saturated carbocycles. The topological polar surface area (TPSA) is 90.0 Å². The number of hydrogen-bond donors (Lipinski definition) is 1. The molecule has 1 aromatic carbocycles.